The molecule has 2 atom stereocenters. The Hall–Kier alpha value is -1.15. The van der Waals surface area contributed by atoms with Gasteiger partial charge in [-0.05, 0) is 50.7 Å². The van der Waals surface area contributed by atoms with Crippen molar-refractivity contribution in [3.05, 3.63) is 39.6 Å². The number of rotatable bonds is 7. The summed E-state index contributed by atoms with van der Waals surface area (Å²) in [6.07, 6.45) is 6.10. The average Bonchev–Trinajstić information content (AvgIpc) is 3.32. The molecular formula is C25H29Cl2NO5. The molecule has 2 aromatic rings. The molecule has 3 aliphatic carbocycles. The van der Waals surface area contributed by atoms with Crippen LogP contribution in [0.5, 0.6) is 0 Å². The minimum atomic E-state index is -0.423. The van der Waals surface area contributed by atoms with Gasteiger partial charge in [-0.1, -0.05) is 34.4 Å². The average molecular weight is 494 g/mol. The molecule has 0 amide bonds. The maximum atomic E-state index is 6.78. The minimum absolute atomic E-state index is 0.316. The Kier molecular flexibility index (Phi) is 5.75. The van der Waals surface area contributed by atoms with Crippen LogP contribution in [0, 0.1) is 11.8 Å². The standard InChI is InChI=1S/C25H29Cl2NO5/c1-29-14-24(11-16-7-8-17(12-24)25(16)30-9-10-31-25)32-13-18-22(28-33-23(18)15-5-6-15)21-19(26)3-2-4-20(21)27/h2-4,15-17H,5-14H2,1H3. The summed E-state index contributed by atoms with van der Waals surface area (Å²) in [6, 6.07) is 5.48. The third kappa shape index (κ3) is 3.74. The highest BCUT2D eigenvalue weighted by atomic mass is 35.5. The van der Waals surface area contributed by atoms with Gasteiger partial charge in [0.25, 0.3) is 0 Å². The summed E-state index contributed by atoms with van der Waals surface area (Å²) in [6.45, 7) is 2.27. The van der Waals surface area contributed by atoms with Crippen LogP contribution in [0.3, 0.4) is 0 Å². The van der Waals surface area contributed by atoms with E-state index in [0.717, 1.165) is 49.8 Å². The maximum absolute atomic E-state index is 6.78. The summed E-state index contributed by atoms with van der Waals surface area (Å²) in [5.74, 6) is 1.49. The molecule has 4 fully saturated rings. The van der Waals surface area contributed by atoms with E-state index in [4.69, 9.17) is 46.7 Å². The monoisotopic (exact) mass is 493 g/mol. The van der Waals surface area contributed by atoms with E-state index >= 15 is 0 Å². The predicted octanol–water partition coefficient (Wildman–Crippen LogP) is 5.99. The topological polar surface area (TPSA) is 63.0 Å². The van der Waals surface area contributed by atoms with Crippen LogP contribution in [0.4, 0.5) is 0 Å². The summed E-state index contributed by atoms with van der Waals surface area (Å²) in [5, 5.41) is 5.52. The zero-order valence-corrected chi connectivity index (χ0v) is 20.3. The van der Waals surface area contributed by atoms with Crippen molar-refractivity contribution in [2.24, 2.45) is 11.8 Å². The van der Waals surface area contributed by atoms with Crippen molar-refractivity contribution in [1.29, 1.82) is 0 Å². The highest BCUT2D eigenvalue weighted by Crippen LogP contribution is 2.58. The number of methoxy groups -OCH3 is 1. The maximum Gasteiger partial charge on any atom is 0.174 e. The molecule has 1 aromatic carbocycles. The largest absolute Gasteiger partial charge is 0.382 e. The minimum Gasteiger partial charge on any atom is -0.382 e. The lowest BCUT2D eigenvalue weighted by Crippen LogP contribution is -2.54. The van der Waals surface area contributed by atoms with E-state index in [1.165, 1.54) is 0 Å². The van der Waals surface area contributed by atoms with E-state index in [1.807, 2.05) is 18.2 Å². The molecule has 6 rings (SSSR count). The molecule has 4 aliphatic rings. The van der Waals surface area contributed by atoms with Gasteiger partial charge in [0.15, 0.2) is 5.79 Å². The fraction of sp³-hybridized carbons (Fsp3) is 0.640. The van der Waals surface area contributed by atoms with Crippen LogP contribution >= 0.6 is 23.2 Å². The van der Waals surface area contributed by atoms with Gasteiger partial charge < -0.3 is 23.5 Å². The molecule has 1 aromatic heterocycles. The first-order chi connectivity index (χ1) is 16.1. The zero-order valence-electron chi connectivity index (χ0n) is 18.8. The number of nitrogens with zero attached hydrogens (tertiary/aromatic N) is 1. The Labute approximate surface area is 203 Å². The molecule has 1 spiro atoms. The van der Waals surface area contributed by atoms with Crippen LogP contribution in [-0.4, -0.2) is 43.5 Å². The van der Waals surface area contributed by atoms with Crippen molar-refractivity contribution in [3.63, 3.8) is 0 Å². The van der Waals surface area contributed by atoms with Gasteiger partial charge in [0.2, 0.25) is 0 Å². The van der Waals surface area contributed by atoms with E-state index < -0.39 is 11.4 Å². The van der Waals surface area contributed by atoms with Crippen molar-refractivity contribution < 1.29 is 23.5 Å². The number of ether oxygens (including phenoxy) is 4. The van der Waals surface area contributed by atoms with Gasteiger partial charge in [-0.3, -0.25) is 0 Å². The molecule has 0 N–H and O–H groups in total. The molecule has 2 bridgehead atoms. The summed E-state index contributed by atoms with van der Waals surface area (Å²) in [5.41, 5.74) is 1.92. The number of aromatic nitrogens is 1. The Morgan fingerprint density at radius 2 is 1.70 bits per heavy atom. The van der Waals surface area contributed by atoms with Crippen LogP contribution in [0.2, 0.25) is 10.0 Å². The van der Waals surface area contributed by atoms with Crippen molar-refractivity contribution >= 4 is 23.2 Å². The van der Waals surface area contributed by atoms with Crippen molar-refractivity contribution in [2.75, 3.05) is 26.9 Å². The number of halogens is 2. The summed E-state index contributed by atoms with van der Waals surface area (Å²) >= 11 is 13.1. The van der Waals surface area contributed by atoms with Gasteiger partial charge in [0, 0.05) is 36.0 Å². The van der Waals surface area contributed by atoms with Crippen LogP contribution in [0.15, 0.2) is 22.7 Å². The third-order valence-electron chi connectivity index (χ3n) is 7.87. The quantitative estimate of drug-likeness (QED) is 0.471. The summed E-state index contributed by atoms with van der Waals surface area (Å²) in [4.78, 5) is 0. The second kappa shape index (κ2) is 8.51. The molecule has 2 heterocycles. The van der Waals surface area contributed by atoms with E-state index in [0.29, 0.717) is 65.5 Å². The van der Waals surface area contributed by atoms with Crippen LogP contribution in [0.25, 0.3) is 11.3 Å². The number of hydrogen-bond acceptors (Lipinski definition) is 6. The molecule has 2 unspecified atom stereocenters. The number of benzene rings is 1. The fourth-order valence-corrected chi connectivity index (χ4v) is 6.91. The molecule has 33 heavy (non-hydrogen) atoms. The fourth-order valence-electron chi connectivity index (χ4n) is 6.34. The molecule has 178 valence electrons. The SMILES string of the molecule is COCC1(OCc2c(-c3c(Cl)cccc3Cl)noc2C2CC2)CC2CCC(C1)C21OCCO1. The molecular weight excluding hydrogens is 465 g/mol. The highest BCUT2D eigenvalue weighted by molar-refractivity contribution is 6.39. The smallest absolute Gasteiger partial charge is 0.174 e. The van der Waals surface area contributed by atoms with Gasteiger partial charge in [-0.15, -0.1) is 0 Å². The van der Waals surface area contributed by atoms with Gasteiger partial charge in [0.05, 0.1) is 42.1 Å². The van der Waals surface area contributed by atoms with Gasteiger partial charge in [-0.25, -0.2) is 0 Å². The lowest BCUT2D eigenvalue weighted by Gasteiger charge is -2.48. The Morgan fingerprint density at radius 1 is 1.03 bits per heavy atom. The third-order valence-corrected chi connectivity index (χ3v) is 8.50. The van der Waals surface area contributed by atoms with Crippen molar-refractivity contribution in [2.45, 2.75) is 62.4 Å². The molecule has 1 saturated heterocycles. The highest BCUT2D eigenvalue weighted by Gasteiger charge is 2.62. The molecule has 0 radical (unpaired) electrons. The first-order valence-electron chi connectivity index (χ1n) is 11.9. The van der Waals surface area contributed by atoms with Gasteiger partial charge in [-0.2, -0.15) is 0 Å². The van der Waals surface area contributed by atoms with Gasteiger partial charge >= 0.3 is 0 Å². The predicted molar refractivity (Wildman–Crippen MR) is 123 cm³/mol. The van der Waals surface area contributed by atoms with E-state index in [2.05, 4.69) is 5.16 Å². The van der Waals surface area contributed by atoms with Crippen LogP contribution in [-0.2, 0) is 25.6 Å². The van der Waals surface area contributed by atoms with Gasteiger partial charge in [0.1, 0.15) is 11.5 Å². The second-order valence-corrected chi connectivity index (χ2v) is 10.8. The van der Waals surface area contributed by atoms with Crippen molar-refractivity contribution in [1.82, 2.24) is 5.16 Å². The Bertz CT molecular complexity index is 994. The lowest BCUT2D eigenvalue weighted by molar-refractivity contribution is -0.262. The van der Waals surface area contributed by atoms with E-state index in [9.17, 15) is 0 Å². The molecule has 8 heteroatoms. The first-order valence-corrected chi connectivity index (χ1v) is 12.6. The number of hydrogen-bond donors (Lipinski definition) is 0. The Balaban J connectivity index is 1.31. The molecule has 1 aliphatic heterocycles. The normalized spacial score (nSPS) is 30.4. The first kappa shape index (κ1) is 22.3. The van der Waals surface area contributed by atoms with E-state index in [1.54, 1.807) is 7.11 Å². The summed E-state index contributed by atoms with van der Waals surface area (Å²) < 4.78 is 30.7. The van der Waals surface area contributed by atoms with E-state index in [-0.39, 0.29) is 0 Å². The zero-order chi connectivity index (χ0) is 22.6. The Morgan fingerprint density at radius 3 is 2.30 bits per heavy atom. The molecule has 3 saturated carbocycles. The second-order valence-electron chi connectivity index (χ2n) is 9.95. The summed E-state index contributed by atoms with van der Waals surface area (Å²) in [7, 11) is 1.74. The van der Waals surface area contributed by atoms with Crippen LogP contribution in [0.1, 0.15) is 55.8 Å². The lowest BCUT2D eigenvalue weighted by atomic mass is 9.73. The molecule has 6 nitrogen and oxygen atoms in total. The van der Waals surface area contributed by atoms with Crippen LogP contribution < -0.4 is 0 Å². The van der Waals surface area contributed by atoms with Crippen molar-refractivity contribution in [3.8, 4) is 11.3 Å².